The average molecular weight is 188 g/mol. The van der Waals surface area contributed by atoms with Gasteiger partial charge in [0.05, 0.1) is 0 Å². The van der Waals surface area contributed by atoms with Crippen LogP contribution in [0.1, 0.15) is 26.7 Å². The number of nitrogens with two attached hydrogens (primary N) is 1. The van der Waals surface area contributed by atoms with E-state index in [4.69, 9.17) is 10.5 Å². The molecule has 4 nitrogen and oxygen atoms in total. The number of nitrogens with one attached hydrogen (secondary N) is 1. The van der Waals surface area contributed by atoms with Gasteiger partial charge in [-0.3, -0.25) is 4.79 Å². The van der Waals surface area contributed by atoms with Gasteiger partial charge in [0.2, 0.25) is 5.91 Å². The minimum atomic E-state index is -0.274. The number of carbonyl (C=O) groups is 1. The van der Waals surface area contributed by atoms with Gasteiger partial charge in [-0.25, -0.2) is 0 Å². The molecule has 0 aromatic rings. The first-order valence-electron chi connectivity index (χ1n) is 4.50. The van der Waals surface area contributed by atoms with Gasteiger partial charge in [-0.1, -0.05) is 0 Å². The van der Waals surface area contributed by atoms with E-state index in [1.165, 1.54) is 0 Å². The Morgan fingerprint density at radius 2 is 2.15 bits per heavy atom. The fourth-order valence-corrected chi connectivity index (χ4v) is 1.14. The molecule has 0 saturated carbocycles. The first kappa shape index (κ1) is 12.4. The van der Waals surface area contributed by atoms with Crippen LogP contribution in [0.25, 0.3) is 0 Å². The summed E-state index contributed by atoms with van der Waals surface area (Å²) in [6.07, 6.45) is 1.30. The fraction of sp³-hybridized carbons (Fsp3) is 0.889. The summed E-state index contributed by atoms with van der Waals surface area (Å²) in [5.41, 5.74) is 4.90. The third-order valence-electron chi connectivity index (χ3n) is 1.74. The number of carbonyl (C=O) groups excluding carboxylic acids is 1. The summed E-state index contributed by atoms with van der Waals surface area (Å²) in [6, 6.07) is 0. The van der Waals surface area contributed by atoms with Crippen LogP contribution in [0.15, 0.2) is 0 Å². The van der Waals surface area contributed by atoms with Crippen LogP contribution >= 0.6 is 0 Å². The molecule has 0 aromatic carbocycles. The van der Waals surface area contributed by atoms with Crippen LogP contribution < -0.4 is 11.1 Å². The maximum atomic E-state index is 10.7. The quantitative estimate of drug-likeness (QED) is 0.563. The lowest BCUT2D eigenvalue weighted by Crippen LogP contribution is -2.43. The zero-order chi connectivity index (χ0) is 10.3. The second-order valence-corrected chi connectivity index (χ2v) is 3.80. The van der Waals surface area contributed by atoms with E-state index in [0.29, 0.717) is 6.42 Å². The number of ether oxygens (including phenoxy) is 1. The van der Waals surface area contributed by atoms with Crippen molar-refractivity contribution in [3.8, 4) is 0 Å². The van der Waals surface area contributed by atoms with E-state index in [0.717, 1.165) is 19.6 Å². The molecule has 78 valence electrons. The van der Waals surface area contributed by atoms with Gasteiger partial charge >= 0.3 is 0 Å². The fourth-order valence-electron chi connectivity index (χ4n) is 1.14. The first-order chi connectivity index (χ1) is 5.98. The third kappa shape index (κ3) is 7.74. The van der Waals surface area contributed by atoms with Crippen molar-refractivity contribution in [1.82, 2.24) is 5.32 Å². The molecule has 0 aliphatic heterocycles. The third-order valence-corrected chi connectivity index (χ3v) is 1.74. The standard InChI is InChI=1S/C9H20N2O2/c1-9(2,7-8(10)12)11-5-4-6-13-3/h11H,4-7H2,1-3H3,(H2,10,12). The van der Waals surface area contributed by atoms with Crippen molar-refractivity contribution in [2.75, 3.05) is 20.3 Å². The molecule has 0 bridgehead atoms. The Morgan fingerprint density at radius 1 is 1.54 bits per heavy atom. The van der Waals surface area contributed by atoms with Crippen LogP contribution in [0.3, 0.4) is 0 Å². The topological polar surface area (TPSA) is 64.3 Å². The zero-order valence-electron chi connectivity index (χ0n) is 8.72. The van der Waals surface area contributed by atoms with E-state index in [1.54, 1.807) is 7.11 Å². The van der Waals surface area contributed by atoms with Gasteiger partial charge in [0.25, 0.3) is 0 Å². The van der Waals surface area contributed by atoms with Gasteiger partial charge < -0.3 is 15.8 Å². The Kier molecular flexibility index (Phi) is 5.66. The highest BCUT2D eigenvalue weighted by atomic mass is 16.5. The van der Waals surface area contributed by atoms with E-state index >= 15 is 0 Å². The van der Waals surface area contributed by atoms with Crippen LogP contribution in [0.5, 0.6) is 0 Å². The molecule has 0 fully saturated rings. The number of primary amides is 1. The lowest BCUT2D eigenvalue weighted by molar-refractivity contribution is -0.119. The van der Waals surface area contributed by atoms with E-state index in [-0.39, 0.29) is 11.4 Å². The Bertz CT molecular complexity index is 158. The highest BCUT2D eigenvalue weighted by Crippen LogP contribution is 2.06. The molecule has 1 amide bonds. The molecule has 0 spiro atoms. The lowest BCUT2D eigenvalue weighted by Gasteiger charge is -2.24. The summed E-state index contributed by atoms with van der Waals surface area (Å²) in [7, 11) is 1.68. The molecule has 0 heterocycles. The van der Waals surface area contributed by atoms with E-state index in [1.807, 2.05) is 13.8 Å². The zero-order valence-corrected chi connectivity index (χ0v) is 8.72. The summed E-state index contributed by atoms with van der Waals surface area (Å²) >= 11 is 0. The van der Waals surface area contributed by atoms with Crippen LogP contribution in [0, 0.1) is 0 Å². The van der Waals surface area contributed by atoms with Gasteiger partial charge in [0, 0.05) is 25.7 Å². The highest BCUT2D eigenvalue weighted by Gasteiger charge is 2.18. The minimum absolute atomic E-state index is 0.209. The van der Waals surface area contributed by atoms with Crippen LogP contribution in [-0.4, -0.2) is 31.7 Å². The molecule has 3 N–H and O–H groups in total. The smallest absolute Gasteiger partial charge is 0.219 e. The molecule has 4 heteroatoms. The maximum Gasteiger partial charge on any atom is 0.219 e. The first-order valence-corrected chi connectivity index (χ1v) is 4.50. The summed E-state index contributed by atoms with van der Waals surface area (Å²) in [6.45, 7) is 5.50. The molecule has 0 atom stereocenters. The number of rotatable bonds is 7. The predicted octanol–water partition coefficient (Wildman–Crippen LogP) is 0.267. The number of amides is 1. The van der Waals surface area contributed by atoms with E-state index < -0.39 is 0 Å². The van der Waals surface area contributed by atoms with Crippen molar-refractivity contribution in [2.45, 2.75) is 32.2 Å². The molecule has 0 unspecified atom stereocenters. The summed E-state index contributed by atoms with van der Waals surface area (Å²) in [4.78, 5) is 10.7. The SMILES string of the molecule is COCCCNC(C)(C)CC(N)=O. The molecule has 0 saturated heterocycles. The molecular weight excluding hydrogens is 168 g/mol. The number of hydrogen-bond donors (Lipinski definition) is 2. The van der Waals surface area contributed by atoms with Gasteiger partial charge in [0.15, 0.2) is 0 Å². The Labute approximate surface area is 79.8 Å². The lowest BCUT2D eigenvalue weighted by atomic mass is 10.0. The Morgan fingerprint density at radius 3 is 2.62 bits per heavy atom. The molecular formula is C9H20N2O2. The molecule has 13 heavy (non-hydrogen) atoms. The summed E-state index contributed by atoms with van der Waals surface area (Å²) < 4.78 is 4.91. The second kappa shape index (κ2) is 5.94. The monoisotopic (exact) mass is 188 g/mol. The molecule has 0 rings (SSSR count). The Hall–Kier alpha value is -0.610. The van der Waals surface area contributed by atoms with E-state index in [2.05, 4.69) is 5.32 Å². The van der Waals surface area contributed by atoms with Crippen molar-refractivity contribution in [3.63, 3.8) is 0 Å². The van der Waals surface area contributed by atoms with Crippen molar-refractivity contribution in [3.05, 3.63) is 0 Å². The minimum Gasteiger partial charge on any atom is -0.385 e. The number of methoxy groups -OCH3 is 1. The molecule has 0 radical (unpaired) electrons. The maximum absolute atomic E-state index is 10.7. The van der Waals surface area contributed by atoms with Crippen molar-refractivity contribution < 1.29 is 9.53 Å². The molecule has 0 aliphatic rings. The van der Waals surface area contributed by atoms with Gasteiger partial charge in [0.1, 0.15) is 0 Å². The predicted molar refractivity (Wildman–Crippen MR) is 52.4 cm³/mol. The van der Waals surface area contributed by atoms with Crippen molar-refractivity contribution in [2.24, 2.45) is 5.73 Å². The summed E-state index contributed by atoms with van der Waals surface area (Å²) in [5.74, 6) is -0.274. The van der Waals surface area contributed by atoms with Gasteiger partial charge in [-0.05, 0) is 26.8 Å². The summed E-state index contributed by atoms with van der Waals surface area (Å²) in [5, 5.41) is 3.24. The Balaban J connectivity index is 3.56. The van der Waals surface area contributed by atoms with Crippen LogP contribution in [-0.2, 0) is 9.53 Å². The molecule has 0 aliphatic carbocycles. The average Bonchev–Trinajstić information content (AvgIpc) is 1.95. The van der Waals surface area contributed by atoms with Crippen LogP contribution in [0.4, 0.5) is 0 Å². The normalized spacial score (nSPS) is 11.6. The van der Waals surface area contributed by atoms with Gasteiger partial charge in [-0.2, -0.15) is 0 Å². The molecule has 0 aromatic heterocycles. The van der Waals surface area contributed by atoms with Crippen molar-refractivity contribution >= 4 is 5.91 Å². The van der Waals surface area contributed by atoms with Crippen LogP contribution in [0.2, 0.25) is 0 Å². The van der Waals surface area contributed by atoms with Crippen molar-refractivity contribution in [1.29, 1.82) is 0 Å². The largest absolute Gasteiger partial charge is 0.385 e. The van der Waals surface area contributed by atoms with Gasteiger partial charge in [-0.15, -0.1) is 0 Å². The number of hydrogen-bond acceptors (Lipinski definition) is 3. The highest BCUT2D eigenvalue weighted by molar-refractivity contribution is 5.74. The van der Waals surface area contributed by atoms with E-state index in [9.17, 15) is 4.79 Å². The second-order valence-electron chi connectivity index (χ2n) is 3.80.